The zero-order valence-electron chi connectivity index (χ0n) is 16.4. The Morgan fingerprint density at radius 2 is 1.86 bits per heavy atom. The number of hydrogen-bond acceptors (Lipinski definition) is 6. The maximum atomic E-state index is 12.5. The van der Waals surface area contributed by atoms with Crippen LogP contribution in [-0.2, 0) is 4.74 Å². The van der Waals surface area contributed by atoms with E-state index >= 15 is 0 Å². The number of anilines is 2. The van der Waals surface area contributed by atoms with Crippen LogP contribution in [0.15, 0.2) is 30.6 Å². The molecule has 0 bridgehead atoms. The first kappa shape index (κ1) is 19.6. The van der Waals surface area contributed by atoms with Crippen LogP contribution in [-0.4, -0.2) is 59.7 Å². The molecule has 0 unspecified atom stereocenters. The van der Waals surface area contributed by atoms with Crippen LogP contribution in [0.5, 0.6) is 0 Å². The average Bonchev–Trinajstić information content (AvgIpc) is 2.72. The van der Waals surface area contributed by atoms with Gasteiger partial charge in [0, 0.05) is 31.9 Å². The molecule has 2 heterocycles. The molecule has 28 heavy (non-hydrogen) atoms. The van der Waals surface area contributed by atoms with E-state index in [2.05, 4.69) is 15.3 Å². The summed E-state index contributed by atoms with van der Waals surface area (Å²) in [5.74, 6) is 0.395. The van der Waals surface area contributed by atoms with E-state index in [1.165, 1.54) is 6.20 Å². The van der Waals surface area contributed by atoms with E-state index in [-0.39, 0.29) is 17.7 Å². The number of carbonyl (C=O) groups excluding carboxylic acids is 2. The number of hydrogen-bond donors (Lipinski definition) is 1. The molecule has 2 amide bonds. The lowest BCUT2D eigenvalue weighted by Crippen LogP contribution is -2.49. The molecule has 0 radical (unpaired) electrons. The fourth-order valence-electron chi connectivity index (χ4n) is 3.01. The molecule has 1 saturated heterocycles. The molecule has 1 aromatic heterocycles. The molecule has 1 aliphatic rings. The minimum absolute atomic E-state index is 0.259. The summed E-state index contributed by atoms with van der Waals surface area (Å²) in [6.45, 7) is 8.54. The first-order valence-electron chi connectivity index (χ1n) is 9.36. The molecule has 0 aliphatic carbocycles. The Kier molecular flexibility index (Phi) is 6.08. The van der Waals surface area contributed by atoms with Gasteiger partial charge in [-0.05, 0) is 38.0 Å². The number of nitrogens with zero attached hydrogens (tertiary/aromatic N) is 4. The van der Waals surface area contributed by atoms with Gasteiger partial charge in [0.2, 0.25) is 0 Å². The van der Waals surface area contributed by atoms with Gasteiger partial charge in [0.05, 0.1) is 19.0 Å². The molecule has 1 N–H and O–H groups in total. The number of nitrogens with one attached hydrogen (secondary N) is 1. The highest BCUT2D eigenvalue weighted by molar-refractivity contribution is 6.03. The molecule has 2 aromatic rings. The lowest BCUT2D eigenvalue weighted by atomic mass is 10.1. The fraction of sp³-hybridized carbons (Fsp3) is 0.400. The van der Waals surface area contributed by atoms with Crippen molar-refractivity contribution in [1.29, 1.82) is 0 Å². The Balaban J connectivity index is 1.60. The van der Waals surface area contributed by atoms with Gasteiger partial charge in [0.25, 0.3) is 5.91 Å². The van der Waals surface area contributed by atoms with Crippen molar-refractivity contribution in [2.24, 2.45) is 0 Å². The second-order valence-electron chi connectivity index (χ2n) is 6.63. The summed E-state index contributed by atoms with van der Waals surface area (Å²) in [4.78, 5) is 36.6. The largest absolute Gasteiger partial charge is 0.450 e. The third-order valence-corrected chi connectivity index (χ3v) is 4.85. The maximum absolute atomic E-state index is 12.5. The summed E-state index contributed by atoms with van der Waals surface area (Å²) < 4.78 is 5.02. The number of amides is 2. The highest BCUT2D eigenvalue weighted by Gasteiger charge is 2.23. The molecule has 8 heteroatoms. The van der Waals surface area contributed by atoms with Gasteiger partial charge in [0.15, 0.2) is 0 Å². The number of piperazine rings is 1. The van der Waals surface area contributed by atoms with Crippen LogP contribution in [0.25, 0.3) is 0 Å². The molecule has 1 fully saturated rings. The van der Waals surface area contributed by atoms with Crippen molar-refractivity contribution in [2.45, 2.75) is 20.8 Å². The topological polar surface area (TPSA) is 87.7 Å². The van der Waals surface area contributed by atoms with Gasteiger partial charge < -0.3 is 19.9 Å². The lowest BCUT2D eigenvalue weighted by molar-refractivity contribution is 0.101. The number of rotatable bonds is 4. The Morgan fingerprint density at radius 1 is 1.11 bits per heavy atom. The number of aryl methyl sites for hydroxylation is 1. The smallest absolute Gasteiger partial charge is 0.409 e. The third kappa shape index (κ3) is 4.39. The SMILES string of the molecule is CCOC(=O)N1CCN(c2cnc(C(=O)Nc3cccc(C)c3C)cn2)CC1. The quantitative estimate of drug-likeness (QED) is 0.873. The molecule has 0 atom stereocenters. The molecule has 1 aromatic carbocycles. The van der Waals surface area contributed by atoms with E-state index in [4.69, 9.17) is 4.74 Å². The molecular weight excluding hydrogens is 358 g/mol. The van der Waals surface area contributed by atoms with Crippen molar-refractivity contribution in [2.75, 3.05) is 43.0 Å². The monoisotopic (exact) mass is 383 g/mol. The van der Waals surface area contributed by atoms with Crippen molar-refractivity contribution in [1.82, 2.24) is 14.9 Å². The van der Waals surface area contributed by atoms with Gasteiger partial charge in [-0.1, -0.05) is 12.1 Å². The predicted octanol–water partition coefficient (Wildman–Crippen LogP) is 2.62. The molecule has 0 saturated carbocycles. The summed E-state index contributed by atoms with van der Waals surface area (Å²) in [6, 6.07) is 5.77. The predicted molar refractivity (Wildman–Crippen MR) is 107 cm³/mol. The van der Waals surface area contributed by atoms with Crippen LogP contribution in [0.3, 0.4) is 0 Å². The van der Waals surface area contributed by atoms with Gasteiger partial charge in [-0.15, -0.1) is 0 Å². The molecule has 1 aliphatic heterocycles. The summed E-state index contributed by atoms with van der Waals surface area (Å²) in [6.07, 6.45) is 2.79. The van der Waals surface area contributed by atoms with Gasteiger partial charge in [-0.25, -0.2) is 14.8 Å². The van der Waals surface area contributed by atoms with E-state index in [0.29, 0.717) is 38.6 Å². The first-order chi connectivity index (χ1) is 13.5. The van der Waals surface area contributed by atoms with Crippen LogP contribution in [0.1, 0.15) is 28.5 Å². The van der Waals surface area contributed by atoms with E-state index in [0.717, 1.165) is 16.8 Å². The van der Waals surface area contributed by atoms with Crippen molar-refractivity contribution in [3.8, 4) is 0 Å². The zero-order chi connectivity index (χ0) is 20.1. The Hall–Kier alpha value is -3.16. The van der Waals surface area contributed by atoms with Gasteiger partial charge >= 0.3 is 6.09 Å². The average molecular weight is 383 g/mol. The van der Waals surface area contributed by atoms with Crippen LogP contribution in [0.2, 0.25) is 0 Å². The van der Waals surface area contributed by atoms with E-state index in [9.17, 15) is 9.59 Å². The van der Waals surface area contributed by atoms with Gasteiger partial charge in [-0.3, -0.25) is 4.79 Å². The van der Waals surface area contributed by atoms with Crippen LogP contribution < -0.4 is 10.2 Å². The molecule has 148 valence electrons. The summed E-state index contributed by atoms with van der Waals surface area (Å²) >= 11 is 0. The first-order valence-corrected chi connectivity index (χ1v) is 9.36. The van der Waals surface area contributed by atoms with Crippen molar-refractivity contribution in [3.63, 3.8) is 0 Å². The summed E-state index contributed by atoms with van der Waals surface area (Å²) in [5, 5.41) is 2.88. The van der Waals surface area contributed by atoms with Gasteiger partial charge in [-0.2, -0.15) is 0 Å². The van der Waals surface area contributed by atoms with Crippen molar-refractivity contribution >= 4 is 23.5 Å². The fourth-order valence-corrected chi connectivity index (χ4v) is 3.01. The highest BCUT2D eigenvalue weighted by Crippen LogP contribution is 2.19. The third-order valence-electron chi connectivity index (χ3n) is 4.85. The number of aromatic nitrogens is 2. The summed E-state index contributed by atoms with van der Waals surface area (Å²) in [5.41, 5.74) is 3.17. The maximum Gasteiger partial charge on any atom is 0.409 e. The van der Waals surface area contributed by atoms with E-state index in [1.807, 2.05) is 36.9 Å². The standard InChI is InChI=1S/C20H25N5O3/c1-4-28-20(27)25-10-8-24(9-11-25)18-13-21-17(12-22-18)19(26)23-16-7-5-6-14(2)15(16)3/h5-7,12-13H,4,8-11H2,1-3H3,(H,23,26). The van der Waals surface area contributed by atoms with Crippen LogP contribution in [0.4, 0.5) is 16.3 Å². The van der Waals surface area contributed by atoms with E-state index < -0.39 is 0 Å². The number of carbonyl (C=O) groups is 2. The van der Waals surface area contributed by atoms with Gasteiger partial charge in [0.1, 0.15) is 11.5 Å². The number of benzene rings is 1. The number of ether oxygens (including phenoxy) is 1. The molecule has 3 rings (SSSR count). The lowest BCUT2D eigenvalue weighted by Gasteiger charge is -2.34. The Morgan fingerprint density at radius 3 is 2.50 bits per heavy atom. The van der Waals surface area contributed by atoms with Crippen LogP contribution >= 0.6 is 0 Å². The van der Waals surface area contributed by atoms with E-state index in [1.54, 1.807) is 18.0 Å². The molecule has 0 spiro atoms. The van der Waals surface area contributed by atoms with Crippen LogP contribution in [0, 0.1) is 13.8 Å². The van der Waals surface area contributed by atoms with Crippen molar-refractivity contribution in [3.05, 3.63) is 47.4 Å². The zero-order valence-corrected chi connectivity index (χ0v) is 16.4. The summed E-state index contributed by atoms with van der Waals surface area (Å²) in [7, 11) is 0. The second-order valence-corrected chi connectivity index (χ2v) is 6.63. The molecular formula is C20H25N5O3. The second kappa shape index (κ2) is 8.69. The minimum Gasteiger partial charge on any atom is -0.450 e. The highest BCUT2D eigenvalue weighted by atomic mass is 16.6. The minimum atomic E-state index is -0.292. The Labute approximate surface area is 164 Å². The molecule has 8 nitrogen and oxygen atoms in total. The van der Waals surface area contributed by atoms with Crippen molar-refractivity contribution < 1.29 is 14.3 Å². The Bertz CT molecular complexity index is 845. The normalized spacial score (nSPS) is 14.0.